The van der Waals surface area contributed by atoms with Crippen molar-refractivity contribution >= 4 is 35.4 Å². The van der Waals surface area contributed by atoms with Crippen LogP contribution in [0.2, 0.25) is 0 Å². The van der Waals surface area contributed by atoms with Crippen molar-refractivity contribution in [3.63, 3.8) is 0 Å². The van der Waals surface area contributed by atoms with Crippen LogP contribution in [0.4, 0.5) is 11.6 Å². The maximum atomic E-state index is 12.4. The van der Waals surface area contributed by atoms with E-state index in [4.69, 9.17) is 0 Å². The fraction of sp³-hybridized carbons (Fsp3) is 0.250. The Morgan fingerprint density at radius 1 is 1.15 bits per heavy atom. The first-order valence-corrected chi connectivity index (χ1v) is 7.75. The van der Waals surface area contributed by atoms with Crippen LogP contribution in [-0.4, -0.2) is 52.7 Å². The molecule has 1 aromatic heterocycles. The number of aromatic nitrogens is 3. The van der Waals surface area contributed by atoms with E-state index in [0.29, 0.717) is 0 Å². The van der Waals surface area contributed by atoms with Gasteiger partial charge in [0.25, 0.3) is 5.91 Å². The van der Waals surface area contributed by atoms with E-state index in [0.717, 1.165) is 0 Å². The molecule has 2 aromatic rings. The fourth-order valence-electron chi connectivity index (χ4n) is 2.61. The van der Waals surface area contributed by atoms with Crippen molar-refractivity contribution in [2.24, 2.45) is 0 Å². The lowest BCUT2D eigenvalue weighted by atomic mass is 10.1. The normalized spacial score (nSPS) is 14.9. The highest BCUT2D eigenvalue weighted by Gasteiger charge is 2.33. The van der Waals surface area contributed by atoms with Gasteiger partial charge in [0.15, 0.2) is 0 Å². The Balaban J connectivity index is 1.80. The number of amides is 2. The quantitative estimate of drug-likeness (QED) is 0.716. The number of hydrogen-bond acceptors (Lipinski definition) is 8. The molecule has 11 heteroatoms. The minimum absolute atomic E-state index is 0.0628. The molecule has 1 aromatic carbocycles. The Labute approximate surface area is 152 Å². The van der Waals surface area contributed by atoms with Gasteiger partial charge in [0, 0.05) is 5.69 Å². The number of fused-ring (bicyclic) bond motifs is 1. The van der Waals surface area contributed by atoms with Crippen LogP contribution >= 0.6 is 0 Å². The molecule has 27 heavy (non-hydrogen) atoms. The lowest BCUT2D eigenvalue weighted by Crippen LogP contribution is -2.23. The topological polar surface area (TPSA) is 142 Å². The third-order valence-electron chi connectivity index (χ3n) is 3.84. The van der Waals surface area contributed by atoms with Crippen molar-refractivity contribution in [3.8, 4) is 0 Å². The Morgan fingerprint density at radius 2 is 1.78 bits per heavy atom. The van der Waals surface area contributed by atoms with Gasteiger partial charge in [-0.2, -0.15) is 10.1 Å². The molecule has 2 N–H and O–H groups in total. The molecule has 0 saturated heterocycles. The molecule has 1 aliphatic rings. The summed E-state index contributed by atoms with van der Waals surface area (Å²) in [5.41, 5.74) is 0.307. The molecule has 0 radical (unpaired) electrons. The Kier molecular flexibility index (Phi) is 4.83. The highest BCUT2D eigenvalue weighted by Crippen LogP contribution is 2.24. The van der Waals surface area contributed by atoms with E-state index < -0.39 is 29.8 Å². The van der Waals surface area contributed by atoms with Crippen LogP contribution in [0.5, 0.6) is 0 Å². The average molecular weight is 373 g/mol. The van der Waals surface area contributed by atoms with Gasteiger partial charge < -0.3 is 14.8 Å². The number of esters is 2. The van der Waals surface area contributed by atoms with E-state index >= 15 is 0 Å². The molecule has 0 bridgehead atoms. The third kappa shape index (κ3) is 3.61. The molecule has 3 rings (SSSR count). The van der Waals surface area contributed by atoms with Crippen LogP contribution in [0.25, 0.3) is 0 Å². The smallest absolute Gasteiger partial charge is 0.337 e. The van der Waals surface area contributed by atoms with Gasteiger partial charge in [-0.05, 0) is 18.2 Å². The number of nitrogens with one attached hydrogen (secondary N) is 2. The molecule has 1 atom stereocenters. The van der Waals surface area contributed by atoms with Crippen molar-refractivity contribution < 1.29 is 28.7 Å². The molecule has 140 valence electrons. The summed E-state index contributed by atoms with van der Waals surface area (Å²) in [6.45, 7) is 0. The third-order valence-corrected chi connectivity index (χ3v) is 3.84. The van der Waals surface area contributed by atoms with Gasteiger partial charge in [0.2, 0.25) is 11.9 Å². The second-order valence-corrected chi connectivity index (χ2v) is 5.57. The minimum Gasteiger partial charge on any atom is -0.465 e. The second-order valence-electron chi connectivity index (χ2n) is 5.57. The van der Waals surface area contributed by atoms with E-state index in [1.807, 2.05) is 0 Å². The van der Waals surface area contributed by atoms with Crippen molar-refractivity contribution in [2.45, 2.75) is 12.5 Å². The summed E-state index contributed by atoms with van der Waals surface area (Å²) >= 11 is 0. The van der Waals surface area contributed by atoms with Crippen molar-refractivity contribution in [1.82, 2.24) is 14.8 Å². The number of carbonyl (C=O) groups is 4. The SMILES string of the molecule is COC(=O)c1cc(NC(=O)CC2C(=O)Nc3ncnn32)cc(C(=O)OC)c1. The van der Waals surface area contributed by atoms with Gasteiger partial charge in [0.05, 0.1) is 31.8 Å². The highest BCUT2D eigenvalue weighted by molar-refractivity contribution is 6.02. The summed E-state index contributed by atoms with van der Waals surface area (Å²) in [7, 11) is 2.39. The van der Waals surface area contributed by atoms with Gasteiger partial charge in [-0.25, -0.2) is 14.3 Å². The van der Waals surface area contributed by atoms with E-state index in [1.165, 1.54) is 43.4 Å². The highest BCUT2D eigenvalue weighted by atomic mass is 16.5. The zero-order chi connectivity index (χ0) is 19.6. The average Bonchev–Trinajstić information content (AvgIpc) is 3.22. The number of hydrogen-bond donors (Lipinski definition) is 2. The standard InChI is InChI=1S/C16H15N5O6/c1-26-14(24)8-3-9(15(25)27-2)5-10(4-8)19-12(22)6-11-13(23)20-16-17-7-18-21(11)16/h3-5,7,11H,6H2,1-2H3,(H,19,22)(H,17,18,20,23). The number of anilines is 2. The van der Waals surface area contributed by atoms with Gasteiger partial charge in [-0.3, -0.25) is 14.9 Å². The number of benzene rings is 1. The Morgan fingerprint density at radius 3 is 2.37 bits per heavy atom. The van der Waals surface area contributed by atoms with E-state index in [1.54, 1.807) is 0 Å². The predicted molar refractivity (Wildman–Crippen MR) is 90.1 cm³/mol. The van der Waals surface area contributed by atoms with Crippen LogP contribution in [0, 0.1) is 0 Å². The molecule has 2 heterocycles. The van der Waals surface area contributed by atoms with Crippen LogP contribution in [0.3, 0.4) is 0 Å². The molecule has 2 amide bonds. The van der Waals surface area contributed by atoms with Crippen LogP contribution < -0.4 is 10.6 Å². The molecule has 1 aliphatic heterocycles. The maximum Gasteiger partial charge on any atom is 0.337 e. The Bertz CT molecular complexity index is 903. The molecule has 0 fully saturated rings. The maximum absolute atomic E-state index is 12.4. The predicted octanol–water partition coefficient (Wildman–Crippen LogP) is 0.373. The summed E-state index contributed by atoms with van der Waals surface area (Å²) in [4.78, 5) is 51.7. The lowest BCUT2D eigenvalue weighted by Gasteiger charge is -2.11. The summed E-state index contributed by atoms with van der Waals surface area (Å²) in [6.07, 6.45) is 1.06. The van der Waals surface area contributed by atoms with Gasteiger partial charge in [-0.1, -0.05) is 0 Å². The number of nitrogens with zero attached hydrogens (tertiary/aromatic N) is 3. The molecule has 1 unspecified atom stereocenters. The van der Waals surface area contributed by atoms with Gasteiger partial charge in [-0.15, -0.1) is 0 Å². The largest absolute Gasteiger partial charge is 0.465 e. The van der Waals surface area contributed by atoms with E-state index in [9.17, 15) is 19.2 Å². The minimum atomic E-state index is -0.841. The van der Waals surface area contributed by atoms with E-state index in [-0.39, 0.29) is 29.2 Å². The second kappa shape index (κ2) is 7.23. The van der Waals surface area contributed by atoms with Gasteiger partial charge >= 0.3 is 11.9 Å². The Hall–Kier alpha value is -3.76. The van der Waals surface area contributed by atoms with Crippen LogP contribution in [0.15, 0.2) is 24.5 Å². The fourth-order valence-corrected chi connectivity index (χ4v) is 2.61. The summed E-state index contributed by atoms with van der Waals surface area (Å²) in [5, 5.41) is 8.97. The number of methoxy groups -OCH3 is 2. The van der Waals surface area contributed by atoms with Crippen molar-refractivity contribution in [1.29, 1.82) is 0 Å². The molecule has 0 spiro atoms. The first kappa shape index (κ1) is 18.0. The monoisotopic (exact) mass is 373 g/mol. The first-order valence-electron chi connectivity index (χ1n) is 7.75. The zero-order valence-electron chi connectivity index (χ0n) is 14.4. The number of carbonyl (C=O) groups excluding carboxylic acids is 4. The van der Waals surface area contributed by atoms with Gasteiger partial charge in [0.1, 0.15) is 12.4 Å². The van der Waals surface area contributed by atoms with Crippen LogP contribution in [0.1, 0.15) is 33.2 Å². The molecular weight excluding hydrogens is 358 g/mol. The molecular formula is C16H15N5O6. The van der Waals surface area contributed by atoms with Crippen LogP contribution in [-0.2, 0) is 19.1 Å². The summed E-state index contributed by atoms with van der Waals surface area (Å²) in [6, 6.07) is 3.16. The molecule has 11 nitrogen and oxygen atoms in total. The number of rotatable bonds is 5. The first-order chi connectivity index (χ1) is 12.9. The van der Waals surface area contributed by atoms with Crippen molar-refractivity contribution in [3.05, 3.63) is 35.7 Å². The summed E-state index contributed by atoms with van der Waals surface area (Å²) in [5.74, 6) is -2.02. The zero-order valence-corrected chi connectivity index (χ0v) is 14.4. The van der Waals surface area contributed by atoms with Crippen molar-refractivity contribution in [2.75, 3.05) is 24.9 Å². The molecule has 0 aliphatic carbocycles. The lowest BCUT2D eigenvalue weighted by molar-refractivity contribution is -0.123. The molecule has 0 saturated carbocycles. The summed E-state index contributed by atoms with van der Waals surface area (Å²) < 4.78 is 10.6. The number of ether oxygens (including phenoxy) is 2. The van der Waals surface area contributed by atoms with E-state index in [2.05, 4.69) is 30.2 Å².